The summed E-state index contributed by atoms with van der Waals surface area (Å²) in [6.07, 6.45) is 3.44. The van der Waals surface area contributed by atoms with Crippen LogP contribution in [0.25, 0.3) is 5.69 Å². The van der Waals surface area contributed by atoms with Gasteiger partial charge in [0.25, 0.3) is 0 Å². The van der Waals surface area contributed by atoms with E-state index in [2.05, 4.69) is 24.1 Å². The highest BCUT2D eigenvalue weighted by Crippen LogP contribution is 2.20. The van der Waals surface area contributed by atoms with Crippen LogP contribution in [0.1, 0.15) is 19.4 Å². The summed E-state index contributed by atoms with van der Waals surface area (Å²) >= 11 is 0. The maximum atomic E-state index is 14.1. The molecule has 0 saturated carbocycles. The number of aromatic nitrogens is 2. The first kappa shape index (κ1) is 12.6. The van der Waals surface area contributed by atoms with Crippen molar-refractivity contribution < 1.29 is 4.39 Å². The Balaban J connectivity index is 2.33. The molecule has 4 heteroatoms. The van der Waals surface area contributed by atoms with Crippen molar-refractivity contribution in [2.75, 3.05) is 11.9 Å². The van der Waals surface area contributed by atoms with Crippen LogP contribution in [0.4, 0.5) is 10.3 Å². The summed E-state index contributed by atoms with van der Waals surface area (Å²) in [5.74, 6) is 0.980. The molecule has 0 aliphatic carbocycles. The van der Waals surface area contributed by atoms with Crippen LogP contribution in [0, 0.1) is 18.7 Å². The van der Waals surface area contributed by atoms with Gasteiger partial charge >= 0.3 is 0 Å². The van der Waals surface area contributed by atoms with Crippen LogP contribution in [0.3, 0.4) is 0 Å². The van der Waals surface area contributed by atoms with Crippen LogP contribution in [-0.4, -0.2) is 16.1 Å². The molecule has 0 atom stereocenters. The molecule has 0 unspecified atom stereocenters. The summed E-state index contributed by atoms with van der Waals surface area (Å²) in [5, 5.41) is 3.22. The number of hydrogen-bond donors (Lipinski definition) is 1. The monoisotopic (exact) mass is 247 g/mol. The van der Waals surface area contributed by atoms with Crippen molar-refractivity contribution in [3.63, 3.8) is 0 Å². The lowest BCUT2D eigenvalue weighted by atomic mass is 10.2. The minimum Gasteiger partial charge on any atom is -0.355 e. The third-order valence-electron chi connectivity index (χ3n) is 2.74. The average molecular weight is 247 g/mol. The van der Waals surface area contributed by atoms with E-state index in [1.54, 1.807) is 36.0 Å². The van der Waals surface area contributed by atoms with Crippen molar-refractivity contribution in [1.82, 2.24) is 9.55 Å². The van der Waals surface area contributed by atoms with Gasteiger partial charge in [0.05, 0.1) is 5.69 Å². The van der Waals surface area contributed by atoms with Gasteiger partial charge in [-0.1, -0.05) is 26.0 Å². The van der Waals surface area contributed by atoms with Gasteiger partial charge in [0.15, 0.2) is 0 Å². The molecular weight excluding hydrogens is 229 g/mol. The Kier molecular flexibility index (Phi) is 3.65. The van der Waals surface area contributed by atoms with E-state index < -0.39 is 0 Å². The average Bonchev–Trinajstić information content (AvgIpc) is 2.78. The third kappa shape index (κ3) is 2.53. The van der Waals surface area contributed by atoms with E-state index in [1.165, 1.54) is 0 Å². The van der Waals surface area contributed by atoms with Gasteiger partial charge in [-0.05, 0) is 24.5 Å². The summed E-state index contributed by atoms with van der Waals surface area (Å²) in [5.41, 5.74) is 1.16. The Labute approximate surface area is 107 Å². The van der Waals surface area contributed by atoms with E-state index in [0.717, 1.165) is 6.54 Å². The molecule has 1 aromatic carbocycles. The highest BCUT2D eigenvalue weighted by molar-refractivity contribution is 5.44. The first-order valence-electron chi connectivity index (χ1n) is 6.12. The largest absolute Gasteiger partial charge is 0.355 e. The standard InChI is InChI=1S/C14H18FN3/c1-10(2)9-17-14-16-7-8-18(14)12-6-4-5-11(3)13(12)15/h4-8,10H,9H2,1-3H3,(H,16,17). The smallest absolute Gasteiger partial charge is 0.207 e. The predicted octanol–water partition coefficient (Wildman–Crippen LogP) is 3.39. The van der Waals surface area contributed by atoms with Crippen LogP contribution >= 0.6 is 0 Å². The van der Waals surface area contributed by atoms with Crippen LogP contribution < -0.4 is 5.32 Å². The zero-order chi connectivity index (χ0) is 13.1. The molecule has 3 nitrogen and oxygen atoms in total. The van der Waals surface area contributed by atoms with Crippen LogP contribution in [0.5, 0.6) is 0 Å². The van der Waals surface area contributed by atoms with Gasteiger partial charge in [-0.15, -0.1) is 0 Å². The molecule has 0 saturated heterocycles. The molecule has 96 valence electrons. The Morgan fingerprint density at radius 3 is 2.89 bits per heavy atom. The minimum absolute atomic E-state index is 0.205. The molecule has 0 spiro atoms. The molecule has 0 radical (unpaired) electrons. The summed E-state index contributed by atoms with van der Waals surface area (Å²) in [4.78, 5) is 4.22. The normalized spacial score (nSPS) is 10.9. The Hall–Kier alpha value is -1.84. The predicted molar refractivity (Wildman–Crippen MR) is 71.6 cm³/mol. The highest BCUT2D eigenvalue weighted by Gasteiger charge is 2.10. The molecule has 0 fully saturated rings. The van der Waals surface area contributed by atoms with Crippen LogP contribution in [0.15, 0.2) is 30.6 Å². The van der Waals surface area contributed by atoms with Crippen LogP contribution in [-0.2, 0) is 0 Å². The number of anilines is 1. The first-order chi connectivity index (χ1) is 8.59. The lowest BCUT2D eigenvalue weighted by molar-refractivity contribution is 0.608. The van der Waals surface area contributed by atoms with Crippen LogP contribution in [0.2, 0.25) is 0 Å². The Morgan fingerprint density at radius 1 is 1.39 bits per heavy atom. The SMILES string of the molecule is Cc1cccc(-n2ccnc2NCC(C)C)c1F. The number of rotatable bonds is 4. The van der Waals surface area contributed by atoms with Gasteiger partial charge < -0.3 is 5.32 Å². The summed E-state index contributed by atoms with van der Waals surface area (Å²) < 4.78 is 15.8. The zero-order valence-electron chi connectivity index (χ0n) is 10.9. The molecular formula is C14H18FN3. The second-order valence-corrected chi connectivity index (χ2v) is 4.80. The molecule has 1 heterocycles. The van der Waals surface area contributed by atoms with E-state index in [-0.39, 0.29) is 5.82 Å². The quantitative estimate of drug-likeness (QED) is 0.897. The number of imidazole rings is 1. The van der Waals surface area contributed by atoms with Gasteiger partial charge in [-0.3, -0.25) is 4.57 Å². The molecule has 1 aromatic heterocycles. The summed E-state index contributed by atoms with van der Waals surface area (Å²) in [6, 6.07) is 5.36. The van der Waals surface area contributed by atoms with Gasteiger partial charge in [0.2, 0.25) is 5.95 Å². The fourth-order valence-corrected chi connectivity index (χ4v) is 1.74. The molecule has 2 aromatic rings. The van der Waals surface area contributed by atoms with Gasteiger partial charge in [-0.2, -0.15) is 0 Å². The number of halogens is 1. The van der Waals surface area contributed by atoms with E-state index in [9.17, 15) is 4.39 Å². The molecule has 0 bridgehead atoms. The number of hydrogen-bond acceptors (Lipinski definition) is 2. The van der Waals surface area contributed by atoms with E-state index in [0.29, 0.717) is 23.1 Å². The van der Waals surface area contributed by atoms with Crippen molar-refractivity contribution >= 4 is 5.95 Å². The zero-order valence-corrected chi connectivity index (χ0v) is 10.9. The third-order valence-corrected chi connectivity index (χ3v) is 2.74. The van der Waals surface area contributed by atoms with Crippen molar-refractivity contribution in [3.8, 4) is 5.69 Å². The maximum absolute atomic E-state index is 14.1. The maximum Gasteiger partial charge on any atom is 0.207 e. The minimum atomic E-state index is -0.205. The Morgan fingerprint density at radius 2 is 2.17 bits per heavy atom. The fraction of sp³-hybridized carbons (Fsp3) is 0.357. The van der Waals surface area contributed by atoms with Crippen molar-refractivity contribution in [2.24, 2.45) is 5.92 Å². The van der Waals surface area contributed by atoms with Gasteiger partial charge in [-0.25, -0.2) is 9.37 Å². The van der Waals surface area contributed by atoms with Gasteiger partial charge in [0, 0.05) is 18.9 Å². The molecule has 0 aliphatic heterocycles. The second kappa shape index (κ2) is 5.21. The molecule has 18 heavy (non-hydrogen) atoms. The molecule has 2 rings (SSSR count). The lowest BCUT2D eigenvalue weighted by Crippen LogP contribution is -2.12. The van der Waals surface area contributed by atoms with E-state index in [4.69, 9.17) is 0 Å². The van der Waals surface area contributed by atoms with E-state index in [1.807, 2.05) is 6.07 Å². The topological polar surface area (TPSA) is 29.9 Å². The number of nitrogens with one attached hydrogen (secondary N) is 1. The number of nitrogens with zero attached hydrogens (tertiary/aromatic N) is 2. The molecule has 0 aliphatic rings. The van der Waals surface area contributed by atoms with Gasteiger partial charge in [0.1, 0.15) is 5.82 Å². The first-order valence-corrected chi connectivity index (χ1v) is 6.12. The number of aryl methyl sites for hydroxylation is 1. The highest BCUT2D eigenvalue weighted by atomic mass is 19.1. The lowest BCUT2D eigenvalue weighted by Gasteiger charge is -2.12. The summed E-state index contributed by atoms with van der Waals surface area (Å²) in [7, 11) is 0. The number of benzene rings is 1. The second-order valence-electron chi connectivity index (χ2n) is 4.80. The summed E-state index contributed by atoms with van der Waals surface area (Å²) in [6.45, 7) is 6.81. The Bertz CT molecular complexity index is 532. The fourth-order valence-electron chi connectivity index (χ4n) is 1.74. The van der Waals surface area contributed by atoms with Crippen molar-refractivity contribution in [3.05, 3.63) is 42.0 Å². The van der Waals surface area contributed by atoms with Crippen molar-refractivity contribution in [2.45, 2.75) is 20.8 Å². The molecule has 1 N–H and O–H groups in total. The van der Waals surface area contributed by atoms with E-state index >= 15 is 0 Å². The molecule has 0 amide bonds. The van der Waals surface area contributed by atoms with Crippen molar-refractivity contribution in [1.29, 1.82) is 0 Å².